The molecule has 1 aromatic heterocycles. The van der Waals surface area contributed by atoms with E-state index in [-0.39, 0.29) is 5.13 Å². The van der Waals surface area contributed by atoms with Crippen LogP contribution in [-0.4, -0.2) is 16.1 Å². The van der Waals surface area contributed by atoms with Crippen molar-refractivity contribution in [3.63, 3.8) is 0 Å². The lowest BCUT2D eigenvalue weighted by Gasteiger charge is -2.03. The van der Waals surface area contributed by atoms with E-state index < -0.39 is 23.1 Å². The summed E-state index contributed by atoms with van der Waals surface area (Å²) in [4.78, 5) is 12.0. The van der Waals surface area contributed by atoms with Crippen LogP contribution in [0.3, 0.4) is 0 Å². The van der Waals surface area contributed by atoms with Crippen molar-refractivity contribution in [3.05, 3.63) is 63.6 Å². The monoisotopic (exact) mass is 385 g/mol. The van der Waals surface area contributed by atoms with Gasteiger partial charge in [0, 0.05) is 10.6 Å². The molecule has 0 spiro atoms. The predicted molar refractivity (Wildman–Crippen MR) is 89.7 cm³/mol. The maximum atomic E-state index is 13.6. The highest BCUT2D eigenvalue weighted by Crippen LogP contribution is 2.33. The number of amides is 1. The molecule has 0 aliphatic carbocycles. The second-order valence-corrected chi connectivity index (χ2v) is 6.41. The van der Waals surface area contributed by atoms with Gasteiger partial charge in [-0.15, -0.1) is 10.2 Å². The van der Waals surface area contributed by atoms with Crippen LogP contribution < -0.4 is 5.32 Å². The van der Waals surface area contributed by atoms with Gasteiger partial charge in [-0.25, -0.2) is 8.78 Å². The third kappa shape index (κ3) is 3.38. The van der Waals surface area contributed by atoms with Crippen molar-refractivity contribution in [1.29, 1.82) is 0 Å². The van der Waals surface area contributed by atoms with Gasteiger partial charge in [0.1, 0.15) is 17.2 Å². The molecule has 24 heavy (non-hydrogen) atoms. The lowest BCUT2D eigenvalue weighted by Crippen LogP contribution is -2.15. The third-order valence-corrected chi connectivity index (χ3v) is 4.42. The molecule has 4 nitrogen and oxygen atoms in total. The van der Waals surface area contributed by atoms with Crippen molar-refractivity contribution in [3.8, 4) is 10.6 Å². The van der Waals surface area contributed by atoms with Crippen molar-refractivity contribution >= 4 is 45.6 Å². The van der Waals surface area contributed by atoms with E-state index in [0.717, 1.165) is 23.5 Å². The Labute approximate surface area is 149 Å². The number of nitrogens with zero attached hydrogens (tertiary/aromatic N) is 2. The molecule has 0 aliphatic heterocycles. The lowest BCUT2D eigenvalue weighted by atomic mass is 10.2. The molecular weight excluding hydrogens is 379 g/mol. The molecule has 9 heteroatoms. The van der Waals surface area contributed by atoms with Gasteiger partial charge in [0.25, 0.3) is 5.91 Å². The molecule has 0 fully saturated rings. The molecule has 0 radical (unpaired) electrons. The fourth-order valence-corrected chi connectivity index (χ4v) is 3.25. The highest BCUT2D eigenvalue weighted by molar-refractivity contribution is 7.18. The minimum absolute atomic E-state index is 0.0867. The number of anilines is 1. The summed E-state index contributed by atoms with van der Waals surface area (Å²) in [7, 11) is 0. The summed E-state index contributed by atoms with van der Waals surface area (Å²) in [5, 5.41) is 11.4. The van der Waals surface area contributed by atoms with Crippen LogP contribution >= 0.6 is 34.5 Å². The number of carbonyl (C=O) groups excluding carboxylic acids is 1. The Morgan fingerprint density at radius 1 is 1.08 bits per heavy atom. The molecule has 1 amide bonds. The molecule has 0 aliphatic rings. The molecule has 1 N–H and O–H groups in total. The van der Waals surface area contributed by atoms with Gasteiger partial charge in [-0.05, 0) is 30.3 Å². The first-order valence-corrected chi connectivity index (χ1v) is 8.07. The Balaban J connectivity index is 1.85. The summed E-state index contributed by atoms with van der Waals surface area (Å²) in [5.41, 5.74) is -0.102. The number of hydrogen-bond donors (Lipinski definition) is 1. The Morgan fingerprint density at radius 2 is 1.79 bits per heavy atom. The fraction of sp³-hybridized carbons (Fsp3) is 0. The van der Waals surface area contributed by atoms with Gasteiger partial charge in [-0.2, -0.15) is 0 Å². The highest BCUT2D eigenvalue weighted by atomic mass is 35.5. The average Bonchev–Trinajstić information content (AvgIpc) is 2.95. The number of hydrogen-bond acceptors (Lipinski definition) is 4. The van der Waals surface area contributed by atoms with Crippen LogP contribution in [0, 0.1) is 11.6 Å². The molecule has 0 unspecified atom stereocenters. The lowest BCUT2D eigenvalue weighted by molar-refractivity contribution is 0.101. The molecule has 0 saturated carbocycles. The third-order valence-electron chi connectivity index (χ3n) is 3.00. The van der Waals surface area contributed by atoms with Crippen molar-refractivity contribution in [2.45, 2.75) is 0 Å². The summed E-state index contributed by atoms with van der Waals surface area (Å²) in [6.45, 7) is 0. The maximum Gasteiger partial charge on any atom is 0.263 e. The molecule has 122 valence electrons. The SMILES string of the molecule is O=C(Nc1nnc(-c2ccc(Cl)cc2Cl)s1)c1c(F)cccc1F. The first-order valence-electron chi connectivity index (χ1n) is 6.50. The van der Waals surface area contributed by atoms with E-state index in [1.807, 2.05) is 0 Å². The zero-order valence-electron chi connectivity index (χ0n) is 11.7. The molecular formula is C15H7Cl2F2N3OS. The molecule has 2 aromatic carbocycles. The van der Waals surface area contributed by atoms with E-state index in [0.29, 0.717) is 20.6 Å². The number of rotatable bonds is 3. The second-order valence-electron chi connectivity index (χ2n) is 4.59. The minimum Gasteiger partial charge on any atom is -0.296 e. The average molecular weight is 386 g/mol. The summed E-state index contributed by atoms with van der Waals surface area (Å²) < 4.78 is 27.2. The predicted octanol–water partition coefficient (Wildman–Crippen LogP) is 5.04. The van der Waals surface area contributed by atoms with Crippen LogP contribution in [0.1, 0.15) is 10.4 Å². The quantitative estimate of drug-likeness (QED) is 0.686. The van der Waals surface area contributed by atoms with Crippen molar-refractivity contribution < 1.29 is 13.6 Å². The summed E-state index contributed by atoms with van der Waals surface area (Å²) >= 11 is 12.9. The Morgan fingerprint density at radius 3 is 2.46 bits per heavy atom. The first-order chi connectivity index (χ1) is 11.5. The summed E-state index contributed by atoms with van der Waals surface area (Å²) in [5.74, 6) is -2.87. The Hall–Kier alpha value is -2.09. The normalized spacial score (nSPS) is 10.7. The number of benzene rings is 2. The largest absolute Gasteiger partial charge is 0.296 e. The van der Waals surface area contributed by atoms with E-state index >= 15 is 0 Å². The molecule has 0 bridgehead atoms. The van der Waals surface area contributed by atoms with Gasteiger partial charge >= 0.3 is 0 Å². The molecule has 1 heterocycles. The van der Waals surface area contributed by atoms with Crippen LogP contribution in [0.15, 0.2) is 36.4 Å². The first kappa shape index (κ1) is 16.8. The van der Waals surface area contributed by atoms with Crippen LogP contribution in [-0.2, 0) is 0 Å². The van der Waals surface area contributed by atoms with E-state index in [4.69, 9.17) is 23.2 Å². The van der Waals surface area contributed by atoms with Crippen molar-refractivity contribution in [1.82, 2.24) is 10.2 Å². The van der Waals surface area contributed by atoms with Crippen molar-refractivity contribution in [2.24, 2.45) is 0 Å². The van der Waals surface area contributed by atoms with E-state index in [2.05, 4.69) is 15.5 Å². The second kappa shape index (κ2) is 6.80. The smallest absolute Gasteiger partial charge is 0.263 e. The summed E-state index contributed by atoms with van der Waals surface area (Å²) in [6.07, 6.45) is 0. The zero-order valence-corrected chi connectivity index (χ0v) is 14.0. The number of aromatic nitrogens is 2. The van der Waals surface area contributed by atoms with Gasteiger partial charge in [-0.1, -0.05) is 40.6 Å². The topological polar surface area (TPSA) is 54.9 Å². The molecule has 0 saturated heterocycles. The van der Waals surface area contributed by atoms with Crippen LogP contribution in [0.5, 0.6) is 0 Å². The van der Waals surface area contributed by atoms with Crippen LogP contribution in [0.2, 0.25) is 10.0 Å². The van der Waals surface area contributed by atoms with Gasteiger partial charge in [0.05, 0.1) is 5.02 Å². The minimum atomic E-state index is -0.960. The highest BCUT2D eigenvalue weighted by Gasteiger charge is 2.19. The van der Waals surface area contributed by atoms with Crippen molar-refractivity contribution in [2.75, 3.05) is 5.32 Å². The molecule has 0 atom stereocenters. The van der Waals surface area contributed by atoms with Gasteiger partial charge < -0.3 is 0 Å². The molecule has 3 aromatic rings. The number of nitrogens with one attached hydrogen (secondary N) is 1. The van der Waals surface area contributed by atoms with Gasteiger partial charge in [0.15, 0.2) is 5.01 Å². The Kier molecular flexibility index (Phi) is 4.75. The van der Waals surface area contributed by atoms with Gasteiger partial charge in [-0.3, -0.25) is 10.1 Å². The maximum absolute atomic E-state index is 13.6. The summed E-state index contributed by atoms with van der Waals surface area (Å²) in [6, 6.07) is 8.01. The van der Waals surface area contributed by atoms with Crippen LogP contribution in [0.25, 0.3) is 10.6 Å². The Bertz CT molecular complexity index is 913. The zero-order chi connectivity index (χ0) is 17.3. The standard InChI is InChI=1S/C15H7Cl2F2N3OS/c16-7-4-5-8(9(17)6-7)14-21-22-15(24-14)20-13(23)12-10(18)2-1-3-11(12)19/h1-6H,(H,20,22,23). The molecule has 3 rings (SSSR count). The fourth-order valence-electron chi connectivity index (χ4n) is 1.92. The van der Waals surface area contributed by atoms with Crippen LogP contribution in [0.4, 0.5) is 13.9 Å². The van der Waals surface area contributed by atoms with Gasteiger partial charge in [0.2, 0.25) is 5.13 Å². The number of carbonyl (C=O) groups is 1. The van der Waals surface area contributed by atoms with E-state index in [9.17, 15) is 13.6 Å². The van der Waals surface area contributed by atoms with E-state index in [1.54, 1.807) is 18.2 Å². The number of halogens is 4. The van der Waals surface area contributed by atoms with E-state index in [1.165, 1.54) is 6.07 Å².